The Morgan fingerprint density at radius 1 is 1.53 bits per heavy atom. The predicted molar refractivity (Wildman–Crippen MR) is 68.9 cm³/mol. The largest absolute Gasteiger partial charge is 0.462 e. The number of nitrogens with one attached hydrogen (secondary N) is 2. The van der Waals surface area contributed by atoms with Crippen molar-refractivity contribution in [3.63, 3.8) is 0 Å². The van der Waals surface area contributed by atoms with Gasteiger partial charge in [-0.3, -0.25) is 10.2 Å². The third kappa shape index (κ3) is 6.10. The second kappa shape index (κ2) is 8.36. The van der Waals surface area contributed by atoms with E-state index >= 15 is 0 Å². The second-order valence-corrected chi connectivity index (χ2v) is 4.37. The van der Waals surface area contributed by atoms with Crippen LogP contribution in [0.4, 0.5) is 0 Å². The minimum Gasteiger partial charge on any atom is -0.462 e. The van der Waals surface area contributed by atoms with Crippen molar-refractivity contribution in [3.8, 4) is 0 Å². The lowest BCUT2D eigenvalue weighted by atomic mass is 9.96. The number of hydrogen-bond acceptors (Lipinski definition) is 6. The molecule has 0 spiro atoms. The molecule has 0 bridgehead atoms. The smallest absolute Gasteiger partial charge is 0.333 e. The molecule has 2 N–H and O–H groups in total. The van der Waals surface area contributed by atoms with E-state index in [1.807, 2.05) is 6.08 Å². The van der Waals surface area contributed by atoms with Gasteiger partial charge >= 0.3 is 5.97 Å². The van der Waals surface area contributed by atoms with Crippen molar-refractivity contribution in [2.45, 2.75) is 38.6 Å². The van der Waals surface area contributed by atoms with Crippen LogP contribution in [-0.4, -0.2) is 31.1 Å². The summed E-state index contributed by atoms with van der Waals surface area (Å²) < 4.78 is 5.02. The van der Waals surface area contributed by atoms with Crippen LogP contribution in [0.2, 0.25) is 0 Å². The van der Waals surface area contributed by atoms with Crippen molar-refractivity contribution in [1.29, 1.82) is 0 Å². The van der Waals surface area contributed by atoms with Crippen molar-refractivity contribution in [3.05, 3.63) is 16.6 Å². The molecule has 0 unspecified atom stereocenters. The van der Waals surface area contributed by atoms with Crippen LogP contribution in [0.5, 0.6) is 0 Å². The third-order valence-corrected chi connectivity index (χ3v) is 2.75. The van der Waals surface area contributed by atoms with Gasteiger partial charge in [0.25, 0.3) is 0 Å². The fourth-order valence-corrected chi connectivity index (χ4v) is 1.74. The first kappa shape index (κ1) is 15.3. The number of rotatable bonds is 7. The lowest BCUT2D eigenvalue weighted by Crippen LogP contribution is -2.44. The van der Waals surface area contributed by atoms with Crippen molar-refractivity contribution in [2.75, 3.05) is 13.2 Å². The molecular weight excluding hydrogens is 250 g/mol. The van der Waals surface area contributed by atoms with E-state index in [2.05, 4.69) is 16.0 Å². The van der Waals surface area contributed by atoms with E-state index in [4.69, 9.17) is 4.74 Å². The molecule has 1 aliphatic carbocycles. The molecule has 1 atom stereocenters. The number of carbonyl (C=O) groups excluding carboxylic acids is 2. The number of esters is 1. The van der Waals surface area contributed by atoms with Gasteiger partial charge in [0.05, 0.1) is 13.2 Å². The number of hydrazine groups is 1. The van der Waals surface area contributed by atoms with Crippen LogP contribution in [0.15, 0.2) is 16.8 Å². The quantitative estimate of drug-likeness (QED) is 0.308. The molecular formula is C12H19N3O4. The zero-order chi connectivity index (χ0) is 14.1. The lowest BCUT2D eigenvalue weighted by Gasteiger charge is -2.22. The lowest BCUT2D eigenvalue weighted by molar-refractivity contribution is -0.139. The minimum absolute atomic E-state index is 0.139. The molecule has 0 saturated heterocycles. The maximum Gasteiger partial charge on any atom is 0.333 e. The standard InChI is InChI=1S/C12H19N3O4/c1-9(16)14-15-11-5-3-10(4-6-11)12(17)19-8-2-7-13-18/h3,11,15H,2,4-8H2,1H3,(H,14,16)/t11-/m0/s1. The highest BCUT2D eigenvalue weighted by molar-refractivity contribution is 5.88. The van der Waals surface area contributed by atoms with Gasteiger partial charge in [-0.05, 0) is 19.3 Å². The molecule has 7 nitrogen and oxygen atoms in total. The summed E-state index contributed by atoms with van der Waals surface area (Å²) in [6.45, 7) is 1.81. The Hall–Kier alpha value is -1.76. The van der Waals surface area contributed by atoms with Gasteiger partial charge in [-0.2, -0.15) is 4.91 Å². The molecule has 1 rings (SSSR count). The van der Waals surface area contributed by atoms with Crippen LogP contribution in [0.25, 0.3) is 0 Å². The van der Waals surface area contributed by atoms with Crippen molar-refractivity contribution >= 4 is 11.9 Å². The Balaban J connectivity index is 2.27. The van der Waals surface area contributed by atoms with Crippen LogP contribution in [0.1, 0.15) is 32.6 Å². The van der Waals surface area contributed by atoms with Gasteiger partial charge in [0.2, 0.25) is 5.91 Å². The molecule has 0 saturated carbocycles. The van der Waals surface area contributed by atoms with E-state index in [-0.39, 0.29) is 31.1 Å². The molecule has 0 aromatic carbocycles. The van der Waals surface area contributed by atoms with Gasteiger partial charge in [0, 0.05) is 25.0 Å². The highest BCUT2D eigenvalue weighted by atomic mass is 16.5. The number of carbonyl (C=O) groups is 2. The molecule has 0 fully saturated rings. The van der Waals surface area contributed by atoms with Crippen LogP contribution < -0.4 is 10.9 Å². The van der Waals surface area contributed by atoms with Gasteiger partial charge in [-0.25, -0.2) is 10.2 Å². The van der Waals surface area contributed by atoms with Gasteiger partial charge in [-0.1, -0.05) is 11.3 Å². The topological polar surface area (TPSA) is 96.9 Å². The molecule has 0 aromatic heterocycles. The minimum atomic E-state index is -0.330. The summed E-state index contributed by atoms with van der Waals surface area (Å²) in [4.78, 5) is 32.2. The molecule has 19 heavy (non-hydrogen) atoms. The normalized spacial score (nSPS) is 18.4. The first-order valence-corrected chi connectivity index (χ1v) is 6.31. The monoisotopic (exact) mass is 269 g/mol. The number of nitrogens with zero attached hydrogens (tertiary/aromatic N) is 1. The number of ether oxygens (including phenoxy) is 1. The first-order valence-electron chi connectivity index (χ1n) is 6.31. The summed E-state index contributed by atoms with van der Waals surface area (Å²) in [6, 6.07) is 0.139. The van der Waals surface area contributed by atoms with E-state index in [0.29, 0.717) is 24.8 Å². The summed E-state index contributed by atoms with van der Waals surface area (Å²) in [5.74, 6) is -0.471. The second-order valence-electron chi connectivity index (χ2n) is 4.37. The summed E-state index contributed by atoms with van der Waals surface area (Å²) in [7, 11) is 0. The Bertz CT molecular complexity index is 368. The zero-order valence-corrected chi connectivity index (χ0v) is 11.0. The van der Waals surface area contributed by atoms with Crippen LogP contribution in [0, 0.1) is 4.91 Å². The maximum absolute atomic E-state index is 11.6. The predicted octanol–water partition coefficient (Wildman–Crippen LogP) is 0.806. The number of hydrogen-bond donors (Lipinski definition) is 2. The van der Waals surface area contributed by atoms with Gasteiger partial charge < -0.3 is 4.74 Å². The van der Waals surface area contributed by atoms with Crippen LogP contribution in [0.3, 0.4) is 0 Å². The van der Waals surface area contributed by atoms with Crippen molar-refractivity contribution in [1.82, 2.24) is 10.9 Å². The molecule has 1 amide bonds. The highest BCUT2D eigenvalue weighted by Crippen LogP contribution is 2.19. The average Bonchev–Trinajstić information content (AvgIpc) is 2.41. The van der Waals surface area contributed by atoms with E-state index < -0.39 is 0 Å². The van der Waals surface area contributed by atoms with Gasteiger partial charge in [0.15, 0.2) is 0 Å². The summed E-state index contributed by atoms with van der Waals surface area (Å²) in [5.41, 5.74) is 6.08. The Morgan fingerprint density at radius 3 is 2.89 bits per heavy atom. The molecule has 0 heterocycles. The molecule has 7 heteroatoms. The van der Waals surface area contributed by atoms with Crippen molar-refractivity contribution < 1.29 is 14.3 Å². The van der Waals surface area contributed by atoms with E-state index in [1.54, 1.807) is 0 Å². The molecule has 0 radical (unpaired) electrons. The Morgan fingerprint density at radius 2 is 2.32 bits per heavy atom. The summed E-state index contributed by atoms with van der Waals surface area (Å²) in [5, 5.41) is 2.69. The Labute approximate surface area is 111 Å². The van der Waals surface area contributed by atoms with Gasteiger partial charge in [-0.15, -0.1) is 0 Å². The highest BCUT2D eigenvalue weighted by Gasteiger charge is 2.19. The average molecular weight is 269 g/mol. The van der Waals surface area contributed by atoms with Crippen molar-refractivity contribution in [2.24, 2.45) is 5.18 Å². The number of nitroso groups, excluding NO2 is 1. The fourth-order valence-electron chi connectivity index (χ4n) is 1.74. The van der Waals surface area contributed by atoms with E-state index in [0.717, 1.165) is 6.42 Å². The number of amides is 1. The molecule has 0 aliphatic heterocycles. The molecule has 106 valence electrons. The van der Waals surface area contributed by atoms with E-state index in [9.17, 15) is 14.5 Å². The Kier molecular flexibility index (Phi) is 6.73. The van der Waals surface area contributed by atoms with Crippen LogP contribution in [-0.2, 0) is 14.3 Å². The third-order valence-electron chi connectivity index (χ3n) is 2.75. The fraction of sp³-hybridized carbons (Fsp3) is 0.667. The van der Waals surface area contributed by atoms with Crippen LogP contribution >= 0.6 is 0 Å². The van der Waals surface area contributed by atoms with E-state index in [1.165, 1.54) is 6.92 Å². The SMILES string of the molecule is CC(=O)NN[C@H]1CC=C(C(=O)OCCCN=O)CC1. The summed E-state index contributed by atoms with van der Waals surface area (Å²) >= 11 is 0. The molecule has 0 aromatic rings. The first-order chi connectivity index (χ1) is 9.13. The maximum atomic E-state index is 11.6. The molecule has 1 aliphatic rings. The summed E-state index contributed by atoms with van der Waals surface area (Å²) in [6.07, 6.45) is 4.32. The van der Waals surface area contributed by atoms with Gasteiger partial charge in [0.1, 0.15) is 0 Å². The zero-order valence-electron chi connectivity index (χ0n) is 11.0.